The zero-order chi connectivity index (χ0) is 24.6. The van der Waals surface area contributed by atoms with Gasteiger partial charge in [0.05, 0.1) is 30.3 Å². The molecular weight excluding hydrogens is 451 g/mol. The van der Waals surface area contributed by atoms with Crippen LogP contribution in [0.25, 0.3) is 33.5 Å². The smallest absolute Gasteiger partial charge is 0.417 e. The molecule has 2 aromatic heterocycles. The fraction of sp³-hybridized carbons (Fsp3) is 0.143. The summed E-state index contributed by atoms with van der Waals surface area (Å²) in [5.41, 5.74) is 3.00. The Morgan fingerprint density at radius 2 is 1.51 bits per heavy atom. The van der Waals surface area contributed by atoms with Gasteiger partial charge < -0.3 is 4.74 Å². The zero-order valence-corrected chi connectivity index (χ0v) is 19.2. The molecule has 0 saturated heterocycles. The molecule has 0 unspecified atom stereocenters. The van der Waals surface area contributed by atoms with E-state index in [1.54, 1.807) is 41.1 Å². The van der Waals surface area contributed by atoms with E-state index in [-0.39, 0.29) is 29.0 Å². The summed E-state index contributed by atoms with van der Waals surface area (Å²) in [6.45, 7) is 2.22. The summed E-state index contributed by atoms with van der Waals surface area (Å²) < 4.78 is 50.1. The van der Waals surface area contributed by atoms with E-state index in [1.165, 1.54) is 7.11 Å². The number of hydrogen-bond acceptors (Lipinski definition) is 3. The molecule has 0 bridgehead atoms. The second kappa shape index (κ2) is 8.91. The quantitative estimate of drug-likeness (QED) is 0.272. The van der Waals surface area contributed by atoms with Crippen LogP contribution in [0.3, 0.4) is 0 Å². The van der Waals surface area contributed by atoms with Crippen LogP contribution < -0.4 is 4.74 Å². The van der Waals surface area contributed by atoms with Crippen molar-refractivity contribution in [3.63, 3.8) is 0 Å². The molecule has 176 valence electrons. The minimum Gasteiger partial charge on any atom is -0.497 e. The molecule has 0 aliphatic heterocycles. The molecule has 5 aromatic rings. The first kappa shape index (κ1) is 22.7. The number of hydrogen-bond donors (Lipinski definition) is 0. The van der Waals surface area contributed by atoms with Crippen molar-refractivity contribution >= 4 is 11.0 Å². The molecule has 0 spiro atoms. The maximum absolute atomic E-state index is 14.4. The van der Waals surface area contributed by atoms with E-state index in [0.717, 1.165) is 17.2 Å². The van der Waals surface area contributed by atoms with Crippen LogP contribution >= 0.6 is 0 Å². The topological polar surface area (TPSA) is 39.9 Å². The third kappa shape index (κ3) is 4.49. The van der Waals surface area contributed by atoms with E-state index < -0.39 is 11.7 Å². The van der Waals surface area contributed by atoms with E-state index in [4.69, 9.17) is 9.72 Å². The number of methoxy groups -OCH3 is 1. The molecule has 0 aliphatic carbocycles. The van der Waals surface area contributed by atoms with Crippen LogP contribution in [0.2, 0.25) is 0 Å². The summed E-state index contributed by atoms with van der Waals surface area (Å²) in [5.74, 6) is 0.609. The van der Waals surface area contributed by atoms with Gasteiger partial charge in [-0.25, -0.2) is 9.67 Å². The van der Waals surface area contributed by atoms with Gasteiger partial charge in [-0.2, -0.15) is 18.3 Å². The predicted molar refractivity (Wildman–Crippen MR) is 130 cm³/mol. The molecule has 0 radical (unpaired) electrons. The van der Waals surface area contributed by atoms with Gasteiger partial charge in [0, 0.05) is 11.1 Å². The predicted octanol–water partition coefficient (Wildman–Crippen LogP) is 7.15. The van der Waals surface area contributed by atoms with Crippen molar-refractivity contribution in [1.29, 1.82) is 0 Å². The summed E-state index contributed by atoms with van der Waals surface area (Å²) in [6.07, 6.45) is -4.59. The number of ether oxygens (including phenoxy) is 1. The molecule has 0 N–H and O–H groups in total. The molecule has 0 saturated carbocycles. The number of alkyl halides is 3. The largest absolute Gasteiger partial charge is 0.497 e. The van der Waals surface area contributed by atoms with Crippen molar-refractivity contribution in [1.82, 2.24) is 14.8 Å². The lowest BCUT2D eigenvalue weighted by Gasteiger charge is -2.12. The molecule has 4 nitrogen and oxygen atoms in total. The Kier molecular flexibility index (Phi) is 5.76. The monoisotopic (exact) mass is 473 g/mol. The molecule has 5 rings (SSSR count). The summed E-state index contributed by atoms with van der Waals surface area (Å²) in [6, 6.07) is 24.7. The van der Waals surface area contributed by atoms with Gasteiger partial charge in [0.15, 0.2) is 5.65 Å². The molecule has 0 aliphatic rings. The zero-order valence-electron chi connectivity index (χ0n) is 19.2. The van der Waals surface area contributed by atoms with Crippen LogP contribution in [-0.4, -0.2) is 21.9 Å². The van der Waals surface area contributed by atoms with Crippen LogP contribution in [0.4, 0.5) is 13.2 Å². The molecule has 0 atom stereocenters. The van der Waals surface area contributed by atoms with E-state index >= 15 is 0 Å². The lowest BCUT2D eigenvalue weighted by molar-refractivity contribution is -0.136. The van der Waals surface area contributed by atoms with Gasteiger partial charge in [0.1, 0.15) is 11.4 Å². The summed E-state index contributed by atoms with van der Waals surface area (Å²) in [7, 11) is 1.54. The maximum atomic E-state index is 14.4. The first-order chi connectivity index (χ1) is 16.8. The van der Waals surface area contributed by atoms with Gasteiger partial charge in [-0.1, -0.05) is 60.2 Å². The lowest BCUT2D eigenvalue weighted by Crippen LogP contribution is -2.08. The van der Waals surface area contributed by atoms with Crippen molar-refractivity contribution in [3.05, 3.63) is 102 Å². The molecular formula is C28H22F3N3O. The number of nitrogens with zero attached hydrogens (tertiary/aromatic N) is 3. The van der Waals surface area contributed by atoms with Gasteiger partial charge in [-0.3, -0.25) is 0 Å². The van der Waals surface area contributed by atoms with E-state index in [0.29, 0.717) is 16.9 Å². The van der Waals surface area contributed by atoms with Crippen LogP contribution in [0.1, 0.15) is 16.7 Å². The first-order valence-electron chi connectivity index (χ1n) is 11.1. The maximum Gasteiger partial charge on any atom is 0.417 e. The van der Waals surface area contributed by atoms with E-state index in [9.17, 15) is 13.2 Å². The Morgan fingerprint density at radius 1 is 0.857 bits per heavy atom. The third-order valence-electron chi connectivity index (χ3n) is 5.89. The Bertz CT molecular complexity index is 1470. The molecule has 2 heterocycles. The number of aryl methyl sites for hydroxylation is 1. The lowest BCUT2D eigenvalue weighted by atomic mass is 10.0. The van der Waals surface area contributed by atoms with Gasteiger partial charge in [0.2, 0.25) is 0 Å². The number of fused-ring (bicyclic) bond motifs is 1. The van der Waals surface area contributed by atoms with Crippen LogP contribution in [0.5, 0.6) is 5.75 Å². The first-order valence-corrected chi connectivity index (χ1v) is 11.1. The molecule has 3 aromatic carbocycles. The second-order valence-corrected chi connectivity index (χ2v) is 8.34. The normalized spacial score (nSPS) is 11.7. The van der Waals surface area contributed by atoms with Crippen molar-refractivity contribution < 1.29 is 17.9 Å². The highest BCUT2D eigenvalue weighted by Gasteiger charge is 2.36. The highest BCUT2D eigenvalue weighted by molar-refractivity contribution is 5.96. The SMILES string of the molecule is COc1ccc(-c2nn(Cc3ccccc3)c3nc(-c4ccc(C)cc4)cc(C(F)(F)F)c23)cc1. The molecule has 7 heteroatoms. The summed E-state index contributed by atoms with van der Waals surface area (Å²) >= 11 is 0. The number of benzene rings is 3. The van der Waals surface area contributed by atoms with Crippen LogP contribution in [-0.2, 0) is 12.7 Å². The van der Waals surface area contributed by atoms with E-state index in [1.807, 2.05) is 49.4 Å². The van der Waals surface area contributed by atoms with Crippen LogP contribution in [0.15, 0.2) is 84.9 Å². The number of pyridine rings is 1. The average molecular weight is 473 g/mol. The number of rotatable bonds is 5. The molecule has 0 fully saturated rings. The van der Waals surface area contributed by atoms with Gasteiger partial charge in [-0.05, 0) is 42.8 Å². The average Bonchev–Trinajstić information content (AvgIpc) is 3.22. The van der Waals surface area contributed by atoms with Crippen molar-refractivity contribution in [2.24, 2.45) is 0 Å². The van der Waals surface area contributed by atoms with Crippen LogP contribution in [0, 0.1) is 6.92 Å². The van der Waals surface area contributed by atoms with E-state index in [2.05, 4.69) is 5.10 Å². The van der Waals surface area contributed by atoms with Crippen molar-refractivity contribution in [2.45, 2.75) is 19.6 Å². The fourth-order valence-corrected chi connectivity index (χ4v) is 4.08. The van der Waals surface area contributed by atoms with Gasteiger partial charge in [0.25, 0.3) is 0 Å². The Balaban J connectivity index is 1.80. The highest BCUT2D eigenvalue weighted by Crippen LogP contribution is 2.41. The number of halogens is 3. The van der Waals surface area contributed by atoms with Gasteiger partial charge in [-0.15, -0.1) is 0 Å². The highest BCUT2D eigenvalue weighted by atomic mass is 19.4. The fourth-order valence-electron chi connectivity index (χ4n) is 4.08. The summed E-state index contributed by atoms with van der Waals surface area (Å²) in [5, 5.41) is 4.63. The standard InChI is InChI=1S/C28H22F3N3O/c1-18-8-10-20(11-9-18)24-16-23(28(29,30)31)25-26(21-12-14-22(35-2)15-13-21)33-34(27(25)32-24)17-19-6-4-3-5-7-19/h3-16H,17H2,1-2H3. The minimum atomic E-state index is -4.59. The third-order valence-corrected chi connectivity index (χ3v) is 5.89. The Hall–Kier alpha value is -4.13. The molecule has 35 heavy (non-hydrogen) atoms. The number of aromatic nitrogens is 3. The minimum absolute atomic E-state index is 0.0190. The van der Waals surface area contributed by atoms with Crippen molar-refractivity contribution in [3.8, 4) is 28.3 Å². The summed E-state index contributed by atoms with van der Waals surface area (Å²) in [4.78, 5) is 4.70. The van der Waals surface area contributed by atoms with Gasteiger partial charge >= 0.3 is 6.18 Å². The van der Waals surface area contributed by atoms with Crippen molar-refractivity contribution in [2.75, 3.05) is 7.11 Å². The second-order valence-electron chi connectivity index (χ2n) is 8.34. The Morgan fingerprint density at radius 3 is 2.14 bits per heavy atom. The Labute approximate surface area is 200 Å². The molecule has 0 amide bonds.